The van der Waals surface area contributed by atoms with Crippen molar-refractivity contribution in [2.45, 2.75) is 96.1 Å². The van der Waals surface area contributed by atoms with Gasteiger partial charge < -0.3 is 20.4 Å². The predicted molar refractivity (Wildman–Crippen MR) is 155 cm³/mol. The molecule has 1 aromatic carbocycles. The molecule has 3 fully saturated rings. The molecule has 3 aromatic rings. The van der Waals surface area contributed by atoms with Crippen molar-refractivity contribution in [1.29, 1.82) is 5.41 Å². The second-order valence-corrected chi connectivity index (χ2v) is 12.4. The maximum Gasteiger partial charge on any atom is 0.411 e. The summed E-state index contributed by atoms with van der Waals surface area (Å²) >= 11 is 0. The largest absolute Gasteiger partial charge is 0.411 e. The first-order chi connectivity index (χ1) is 19.3. The summed E-state index contributed by atoms with van der Waals surface area (Å²) in [5.74, 6) is 3.16. The van der Waals surface area contributed by atoms with Crippen LogP contribution in [0.1, 0.15) is 95.3 Å². The number of benzene rings is 1. The summed E-state index contributed by atoms with van der Waals surface area (Å²) in [6.45, 7) is 5.43. The number of nitrogens with zero attached hydrogens (tertiary/aromatic N) is 4. The topological polar surface area (TPSA) is 132 Å². The molecule has 2 aromatic heterocycles. The van der Waals surface area contributed by atoms with Gasteiger partial charge in [0.1, 0.15) is 11.3 Å². The van der Waals surface area contributed by atoms with Crippen LogP contribution in [0.3, 0.4) is 0 Å². The minimum absolute atomic E-state index is 0.0136. The summed E-state index contributed by atoms with van der Waals surface area (Å²) in [5, 5.41) is 12.0. The second-order valence-electron chi connectivity index (χ2n) is 12.4. The van der Waals surface area contributed by atoms with Crippen LogP contribution in [-0.2, 0) is 16.7 Å². The van der Waals surface area contributed by atoms with E-state index in [-0.39, 0.29) is 17.3 Å². The van der Waals surface area contributed by atoms with Crippen molar-refractivity contribution in [2.75, 3.05) is 5.32 Å². The third kappa shape index (κ3) is 4.95. The zero-order valence-corrected chi connectivity index (χ0v) is 23.7. The number of nitrogens with one attached hydrogen (secondary N) is 2. The molecule has 6 rings (SSSR count). The molecule has 0 unspecified atom stereocenters. The van der Waals surface area contributed by atoms with Gasteiger partial charge in [-0.25, -0.2) is 19.7 Å². The number of carbonyl (C=O) groups excluding carboxylic acids is 1. The first kappa shape index (κ1) is 26.7. The van der Waals surface area contributed by atoms with Crippen LogP contribution in [0.5, 0.6) is 0 Å². The van der Waals surface area contributed by atoms with Crippen molar-refractivity contribution in [2.24, 2.45) is 23.5 Å². The SMILES string of the molecule is C[C@@H](Nc1nc(C(=N)OC(N)=O)nc2nc(C3(c4ccccc4)CCC3)n(C[C@H]3CC[C@H](C)CC3)c12)C1CCC1. The van der Waals surface area contributed by atoms with Crippen molar-refractivity contribution >= 4 is 29.0 Å². The van der Waals surface area contributed by atoms with Crippen LogP contribution in [0.4, 0.5) is 10.6 Å². The fraction of sp³-hybridized carbons (Fsp3) is 0.581. The summed E-state index contributed by atoms with van der Waals surface area (Å²) in [5.41, 5.74) is 7.75. The molecule has 1 amide bonds. The summed E-state index contributed by atoms with van der Waals surface area (Å²) in [4.78, 5) is 26.1. The number of hydrogen-bond acceptors (Lipinski definition) is 7. The highest BCUT2D eigenvalue weighted by atomic mass is 16.6. The minimum Gasteiger partial charge on any atom is -0.388 e. The maximum absolute atomic E-state index is 11.5. The third-order valence-electron chi connectivity index (χ3n) is 9.77. The van der Waals surface area contributed by atoms with E-state index < -0.39 is 12.0 Å². The van der Waals surface area contributed by atoms with Gasteiger partial charge in [-0.1, -0.05) is 62.9 Å². The number of ether oxygens (including phenoxy) is 1. The van der Waals surface area contributed by atoms with Crippen molar-refractivity contribution in [3.63, 3.8) is 0 Å². The molecule has 9 heteroatoms. The standard InChI is InChI=1S/C31H41N7O2/c1-19-12-14-21(15-13-19)18-38-24-26(34-20(2)22-8-6-9-22)35-28(25(32)40-30(33)39)36-27(24)37-29(38)31(16-7-17-31)23-10-4-3-5-11-23/h3-5,10-11,19-22,32H,6-9,12-18H2,1-2H3,(H2,33,39)(H,34,35,36)/t19-,20-,21-/m1/s1. The molecule has 0 spiro atoms. The van der Waals surface area contributed by atoms with Crippen LogP contribution in [0, 0.1) is 23.2 Å². The van der Waals surface area contributed by atoms with E-state index >= 15 is 0 Å². The second kappa shape index (κ2) is 10.8. The maximum atomic E-state index is 11.5. The quantitative estimate of drug-likeness (QED) is 0.231. The Morgan fingerprint density at radius 2 is 1.82 bits per heavy atom. The lowest BCUT2D eigenvalue weighted by Gasteiger charge is -2.42. The Morgan fingerprint density at radius 3 is 2.42 bits per heavy atom. The number of nitrogens with two attached hydrogens (primary N) is 1. The number of amides is 1. The molecular weight excluding hydrogens is 502 g/mol. The summed E-state index contributed by atoms with van der Waals surface area (Å²) < 4.78 is 7.30. The van der Waals surface area contributed by atoms with E-state index in [4.69, 9.17) is 25.8 Å². The van der Waals surface area contributed by atoms with Gasteiger partial charge in [0.2, 0.25) is 5.82 Å². The van der Waals surface area contributed by atoms with Crippen LogP contribution in [0.15, 0.2) is 30.3 Å². The average Bonchev–Trinajstić information content (AvgIpc) is 3.22. The number of carbonyl (C=O) groups is 1. The van der Waals surface area contributed by atoms with Crippen LogP contribution in [0.25, 0.3) is 11.2 Å². The number of primary amides is 1. The number of aromatic nitrogens is 4. The Balaban J connectivity index is 1.52. The van der Waals surface area contributed by atoms with E-state index in [0.717, 1.165) is 43.1 Å². The molecule has 3 aliphatic rings. The molecule has 0 aliphatic heterocycles. The lowest BCUT2D eigenvalue weighted by Crippen LogP contribution is -2.39. The van der Waals surface area contributed by atoms with Crippen LogP contribution < -0.4 is 11.1 Å². The zero-order chi connectivity index (χ0) is 27.9. The first-order valence-corrected chi connectivity index (χ1v) is 15.0. The van der Waals surface area contributed by atoms with E-state index in [0.29, 0.717) is 23.3 Å². The molecule has 0 radical (unpaired) electrons. The van der Waals surface area contributed by atoms with Gasteiger partial charge in [0.05, 0.1) is 5.41 Å². The Hall–Kier alpha value is -3.49. The molecule has 9 nitrogen and oxygen atoms in total. The fourth-order valence-corrected chi connectivity index (χ4v) is 6.90. The van der Waals surface area contributed by atoms with Crippen LogP contribution >= 0.6 is 0 Å². The Morgan fingerprint density at radius 1 is 1.10 bits per heavy atom. The van der Waals surface area contributed by atoms with Gasteiger partial charge in [0, 0.05) is 12.6 Å². The normalized spacial score (nSPS) is 23.1. The van der Waals surface area contributed by atoms with Gasteiger partial charge in [-0.05, 0) is 68.8 Å². The van der Waals surface area contributed by atoms with Crippen molar-refractivity contribution in [3.8, 4) is 0 Å². The number of anilines is 1. The number of hydrogen-bond donors (Lipinski definition) is 3. The summed E-state index contributed by atoms with van der Waals surface area (Å²) in [6, 6.07) is 10.9. The summed E-state index contributed by atoms with van der Waals surface area (Å²) in [7, 11) is 0. The van der Waals surface area contributed by atoms with Crippen LogP contribution in [0.2, 0.25) is 0 Å². The number of imidazole rings is 1. The minimum atomic E-state index is -1.05. The van der Waals surface area contributed by atoms with Gasteiger partial charge in [0.15, 0.2) is 11.5 Å². The zero-order valence-electron chi connectivity index (χ0n) is 23.7. The Kier molecular flexibility index (Phi) is 7.23. The Bertz CT molecular complexity index is 1390. The lowest BCUT2D eigenvalue weighted by molar-refractivity contribution is 0.207. The van der Waals surface area contributed by atoms with E-state index in [1.165, 1.54) is 50.5 Å². The Labute approximate surface area is 235 Å². The van der Waals surface area contributed by atoms with Gasteiger partial charge in [-0.15, -0.1) is 0 Å². The molecule has 40 heavy (non-hydrogen) atoms. The van der Waals surface area contributed by atoms with E-state index in [9.17, 15) is 4.79 Å². The smallest absolute Gasteiger partial charge is 0.388 e. The van der Waals surface area contributed by atoms with Gasteiger partial charge in [-0.3, -0.25) is 5.41 Å². The van der Waals surface area contributed by atoms with Gasteiger partial charge >= 0.3 is 6.09 Å². The lowest BCUT2D eigenvalue weighted by atomic mass is 9.63. The fourth-order valence-electron chi connectivity index (χ4n) is 6.90. The van der Waals surface area contributed by atoms with Crippen molar-refractivity contribution in [1.82, 2.24) is 19.5 Å². The summed E-state index contributed by atoms with van der Waals surface area (Å²) in [6.07, 6.45) is 10.7. The van der Waals surface area contributed by atoms with Crippen molar-refractivity contribution < 1.29 is 9.53 Å². The van der Waals surface area contributed by atoms with Gasteiger partial charge in [-0.2, -0.15) is 0 Å². The van der Waals surface area contributed by atoms with Gasteiger partial charge in [0.25, 0.3) is 5.90 Å². The van der Waals surface area contributed by atoms with Crippen LogP contribution in [-0.4, -0.2) is 37.6 Å². The average molecular weight is 544 g/mol. The molecule has 0 bridgehead atoms. The van der Waals surface area contributed by atoms with E-state index in [1.54, 1.807) is 0 Å². The van der Waals surface area contributed by atoms with Crippen molar-refractivity contribution in [3.05, 3.63) is 47.5 Å². The molecule has 212 valence electrons. The predicted octanol–water partition coefficient (Wildman–Crippen LogP) is 6.14. The third-order valence-corrected chi connectivity index (χ3v) is 9.77. The molecule has 3 aliphatic carbocycles. The molecule has 4 N–H and O–H groups in total. The highest BCUT2D eigenvalue weighted by Crippen LogP contribution is 2.50. The number of rotatable bonds is 8. The highest BCUT2D eigenvalue weighted by Gasteiger charge is 2.45. The molecule has 2 heterocycles. The molecule has 1 atom stereocenters. The molecule has 3 saturated carbocycles. The highest BCUT2D eigenvalue weighted by molar-refractivity contribution is 5.97. The van der Waals surface area contributed by atoms with E-state index in [2.05, 4.69) is 59.0 Å². The monoisotopic (exact) mass is 543 g/mol. The molecule has 0 saturated heterocycles. The van der Waals surface area contributed by atoms with E-state index in [1.807, 2.05) is 0 Å². The molecular formula is C31H41N7O2. The number of fused-ring (bicyclic) bond motifs is 1. The first-order valence-electron chi connectivity index (χ1n) is 15.0.